The molecule has 0 aromatic carbocycles. The molecule has 2 atom stereocenters. The van der Waals surface area contributed by atoms with Gasteiger partial charge in [0.1, 0.15) is 11.5 Å². The van der Waals surface area contributed by atoms with E-state index in [1.807, 2.05) is 26.0 Å². The van der Waals surface area contributed by atoms with Crippen LogP contribution in [0.25, 0.3) is 0 Å². The Bertz CT molecular complexity index is 698. The number of aromatic nitrogens is 2. The quantitative estimate of drug-likeness (QED) is 0.832. The van der Waals surface area contributed by atoms with E-state index in [1.54, 1.807) is 12.4 Å². The lowest BCUT2D eigenvalue weighted by atomic mass is 9.77. The van der Waals surface area contributed by atoms with Gasteiger partial charge in [-0.05, 0) is 38.8 Å². The van der Waals surface area contributed by atoms with E-state index in [2.05, 4.69) is 15.0 Å². The van der Waals surface area contributed by atoms with E-state index in [4.69, 9.17) is 14.0 Å². The van der Waals surface area contributed by atoms with Crippen LogP contribution < -0.4 is 4.74 Å². The third kappa shape index (κ3) is 3.28. The number of piperidine rings is 1. The van der Waals surface area contributed by atoms with Gasteiger partial charge < -0.3 is 14.0 Å². The lowest BCUT2D eigenvalue weighted by molar-refractivity contribution is -0.0415. The van der Waals surface area contributed by atoms with Crippen LogP contribution in [0.15, 0.2) is 29.0 Å². The first kappa shape index (κ1) is 16.5. The Kier molecular flexibility index (Phi) is 4.48. The first-order valence-corrected chi connectivity index (χ1v) is 8.95. The predicted molar refractivity (Wildman–Crippen MR) is 92.4 cm³/mol. The second kappa shape index (κ2) is 6.77. The molecule has 6 nitrogen and oxygen atoms in total. The minimum absolute atomic E-state index is 0.0487. The van der Waals surface area contributed by atoms with Gasteiger partial charge in [-0.2, -0.15) is 0 Å². The van der Waals surface area contributed by atoms with Crippen LogP contribution in [-0.4, -0.2) is 47.4 Å². The highest BCUT2D eigenvalue weighted by atomic mass is 16.5. The fourth-order valence-electron chi connectivity index (χ4n) is 4.09. The van der Waals surface area contributed by atoms with E-state index in [9.17, 15) is 0 Å². The monoisotopic (exact) mass is 343 g/mol. The van der Waals surface area contributed by atoms with Crippen molar-refractivity contribution in [2.75, 3.05) is 26.3 Å². The van der Waals surface area contributed by atoms with E-state index in [1.165, 1.54) is 5.56 Å². The molecule has 134 valence electrons. The maximum absolute atomic E-state index is 6.08. The summed E-state index contributed by atoms with van der Waals surface area (Å²) in [7, 11) is 0. The maximum atomic E-state index is 6.08. The molecule has 2 aliphatic heterocycles. The number of ether oxygens (including phenoxy) is 2. The van der Waals surface area contributed by atoms with Gasteiger partial charge in [0.25, 0.3) is 0 Å². The molecule has 2 aromatic rings. The number of aryl methyl sites for hydroxylation is 2. The molecule has 4 rings (SSSR count). The second-order valence-corrected chi connectivity index (χ2v) is 7.25. The van der Waals surface area contributed by atoms with Crippen LogP contribution in [-0.2, 0) is 11.3 Å². The fraction of sp³-hybridized carbons (Fsp3) is 0.579. The van der Waals surface area contributed by atoms with Crippen LogP contribution >= 0.6 is 0 Å². The minimum atomic E-state index is 0.0487. The summed E-state index contributed by atoms with van der Waals surface area (Å²) in [6.45, 7) is 8.37. The Morgan fingerprint density at radius 1 is 1.40 bits per heavy atom. The molecule has 0 spiro atoms. The number of hydrogen-bond acceptors (Lipinski definition) is 6. The molecule has 2 aliphatic rings. The van der Waals surface area contributed by atoms with Crippen molar-refractivity contribution in [3.8, 4) is 5.75 Å². The van der Waals surface area contributed by atoms with E-state index in [0.717, 1.165) is 56.3 Å². The van der Waals surface area contributed by atoms with Crippen LogP contribution in [0.5, 0.6) is 5.75 Å². The normalized spacial score (nSPS) is 26.6. The zero-order chi connectivity index (χ0) is 17.3. The third-order valence-electron chi connectivity index (χ3n) is 5.57. The summed E-state index contributed by atoms with van der Waals surface area (Å²) in [6.07, 6.45) is 5.89. The van der Waals surface area contributed by atoms with Gasteiger partial charge in [0, 0.05) is 43.4 Å². The molecule has 25 heavy (non-hydrogen) atoms. The molecular weight excluding hydrogens is 318 g/mol. The third-order valence-corrected chi connectivity index (χ3v) is 5.57. The van der Waals surface area contributed by atoms with Gasteiger partial charge in [-0.1, -0.05) is 5.16 Å². The minimum Gasteiger partial charge on any atom is -0.491 e. The largest absolute Gasteiger partial charge is 0.491 e. The Morgan fingerprint density at radius 2 is 2.32 bits per heavy atom. The molecule has 0 unspecified atom stereocenters. The molecule has 0 radical (unpaired) electrons. The standard InChI is InChI=1S/C19H25N3O3/c1-14-17(15(2)25-21-14)11-22-8-5-18-19(12-22,6-9-23-18)13-24-16-4-3-7-20-10-16/h3-4,7,10,18H,5-6,8-9,11-13H2,1-2H3/t18-,19+/m1/s1. The highest BCUT2D eigenvalue weighted by Gasteiger charge is 2.48. The Labute approximate surface area is 148 Å². The smallest absolute Gasteiger partial charge is 0.138 e. The van der Waals surface area contributed by atoms with Crippen molar-refractivity contribution in [2.45, 2.75) is 39.3 Å². The van der Waals surface area contributed by atoms with Crippen molar-refractivity contribution in [3.63, 3.8) is 0 Å². The van der Waals surface area contributed by atoms with Gasteiger partial charge in [-0.15, -0.1) is 0 Å². The SMILES string of the molecule is Cc1noc(C)c1CN1CC[C@H]2OCC[C@@]2(COc2cccnc2)C1. The van der Waals surface area contributed by atoms with Crippen molar-refractivity contribution in [1.82, 2.24) is 15.0 Å². The van der Waals surface area contributed by atoms with Gasteiger partial charge in [-0.25, -0.2) is 0 Å². The predicted octanol–water partition coefficient (Wildman–Crippen LogP) is 2.75. The zero-order valence-corrected chi connectivity index (χ0v) is 14.9. The zero-order valence-electron chi connectivity index (χ0n) is 14.9. The number of rotatable bonds is 5. The molecule has 6 heteroatoms. The Hall–Kier alpha value is -1.92. The van der Waals surface area contributed by atoms with E-state index in [-0.39, 0.29) is 11.5 Å². The molecule has 0 amide bonds. The summed E-state index contributed by atoms with van der Waals surface area (Å²) in [5.74, 6) is 1.74. The van der Waals surface area contributed by atoms with Gasteiger partial charge in [-0.3, -0.25) is 9.88 Å². The lowest BCUT2D eigenvalue weighted by Gasteiger charge is -2.43. The summed E-state index contributed by atoms with van der Waals surface area (Å²) in [5.41, 5.74) is 2.25. The average molecular weight is 343 g/mol. The van der Waals surface area contributed by atoms with Crippen molar-refractivity contribution in [1.29, 1.82) is 0 Å². The van der Waals surface area contributed by atoms with Gasteiger partial charge in [0.15, 0.2) is 0 Å². The summed E-state index contributed by atoms with van der Waals surface area (Å²) in [6, 6.07) is 3.86. The molecular formula is C19H25N3O3. The Balaban J connectivity index is 1.47. The summed E-state index contributed by atoms with van der Waals surface area (Å²) in [4.78, 5) is 6.62. The number of pyridine rings is 1. The highest BCUT2D eigenvalue weighted by Crippen LogP contribution is 2.41. The summed E-state index contributed by atoms with van der Waals surface area (Å²) in [5, 5.41) is 4.08. The van der Waals surface area contributed by atoms with E-state index >= 15 is 0 Å². The molecule has 2 saturated heterocycles. The number of fused-ring (bicyclic) bond motifs is 1. The van der Waals surface area contributed by atoms with Crippen molar-refractivity contribution in [3.05, 3.63) is 41.5 Å². The second-order valence-electron chi connectivity index (χ2n) is 7.25. The molecule has 0 saturated carbocycles. The molecule has 2 aromatic heterocycles. The fourth-order valence-corrected chi connectivity index (χ4v) is 4.09. The van der Waals surface area contributed by atoms with Crippen molar-refractivity contribution >= 4 is 0 Å². The summed E-state index contributed by atoms with van der Waals surface area (Å²) >= 11 is 0. The van der Waals surface area contributed by atoms with Crippen LogP contribution in [0.3, 0.4) is 0 Å². The van der Waals surface area contributed by atoms with Crippen LogP contribution in [0.2, 0.25) is 0 Å². The van der Waals surface area contributed by atoms with Gasteiger partial charge in [0.05, 0.1) is 24.6 Å². The van der Waals surface area contributed by atoms with Crippen molar-refractivity contribution < 1.29 is 14.0 Å². The van der Waals surface area contributed by atoms with Crippen LogP contribution in [0.4, 0.5) is 0 Å². The maximum Gasteiger partial charge on any atom is 0.138 e. The first-order valence-electron chi connectivity index (χ1n) is 8.95. The molecule has 0 aliphatic carbocycles. The van der Waals surface area contributed by atoms with E-state index in [0.29, 0.717) is 6.61 Å². The average Bonchev–Trinajstić information content (AvgIpc) is 3.19. The van der Waals surface area contributed by atoms with Crippen molar-refractivity contribution in [2.24, 2.45) is 5.41 Å². The van der Waals surface area contributed by atoms with Gasteiger partial charge in [0.2, 0.25) is 0 Å². The highest BCUT2D eigenvalue weighted by molar-refractivity contribution is 5.21. The van der Waals surface area contributed by atoms with Crippen LogP contribution in [0, 0.1) is 19.3 Å². The molecule has 2 fully saturated rings. The van der Waals surface area contributed by atoms with Gasteiger partial charge >= 0.3 is 0 Å². The summed E-state index contributed by atoms with van der Waals surface area (Å²) < 4.78 is 17.4. The molecule has 4 heterocycles. The number of nitrogens with zero attached hydrogens (tertiary/aromatic N) is 3. The Morgan fingerprint density at radius 3 is 3.08 bits per heavy atom. The van der Waals surface area contributed by atoms with E-state index < -0.39 is 0 Å². The number of hydrogen-bond donors (Lipinski definition) is 0. The molecule has 0 bridgehead atoms. The van der Waals surface area contributed by atoms with Crippen LogP contribution in [0.1, 0.15) is 29.9 Å². The number of likely N-dealkylation sites (tertiary alicyclic amines) is 1. The topological polar surface area (TPSA) is 60.6 Å². The first-order chi connectivity index (χ1) is 12.2. The lowest BCUT2D eigenvalue weighted by Crippen LogP contribution is -2.52. The molecule has 0 N–H and O–H groups in total.